The van der Waals surface area contributed by atoms with Crippen LogP contribution in [0.2, 0.25) is 5.02 Å². The first-order chi connectivity index (χ1) is 9.97. The molecule has 7 heteroatoms. The van der Waals surface area contributed by atoms with Crippen LogP contribution in [0.3, 0.4) is 0 Å². The number of benzene rings is 1. The maximum Gasteiger partial charge on any atom is 0.275 e. The van der Waals surface area contributed by atoms with Crippen molar-refractivity contribution in [3.05, 3.63) is 40.2 Å². The van der Waals surface area contributed by atoms with E-state index in [9.17, 15) is 4.79 Å². The highest BCUT2D eigenvalue weighted by atomic mass is 35.5. The summed E-state index contributed by atoms with van der Waals surface area (Å²) in [7, 11) is 1.74. The SMILES string of the molecule is Cc1cnn(C)c1C(=O)Nc1nc2c(C)c(Cl)ccc2s1. The number of aryl methyl sites for hydroxylation is 3. The van der Waals surface area contributed by atoms with E-state index in [4.69, 9.17) is 11.6 Å². The lowest BCUT2D eigenvalue weighted by molar-refractivity contribution is 0.101. The Hall–Kier alpha value is -1.92. The fourth-order valence-corrected chi connectivity index (χ4v) is 3.26. The van der Waals surface area contributed by atoms with E-state index in [1.165, 1.54) is 11.3 Å². The first-order valence-electron chi connectivity index (χ1n) is 6.33. The minimum Gasteiger partial charge on any atom is -0.296 e. The Morgan fingerprint density at radius 1 is 1.38 bits per heavy atom. The Morgan fingerprint density at radius 3 is 2.81 bits per heavy atom. The molecule has 1 amide bonds. The van der Waals surface area contributed by atoms with Gasteiger partial charge in [-0.05, 0) is 37.1 Å². The summed E-state index contributed by atoms with van der Waals surface area (Å²) in [6, 6.07) is 3.75. The smallest absolute Gasteiger partial charge is 0.275 e. The molecule has 108 valence electrons. The Kier molecular flexibility index (Phi) is 3.43. The number of rotatable bonds is 2. The second-order valence-corrected chi connectivity index (χ2v) is 6.23. The molecule has 0 bridgehead atoms. The lowest BCUT2D eigenvalue weighted by atomic mass is 10.2. The number of thiazole rings is 1. The average Bonchev–Trinajstić information content (AvgIpc) is 2.98. The topological polar surface area (TPSA) is 59.8 Å². The Morgan fingerprint density at radius 2 is 2.14 bits per heavy atom. The van der Waals surface area contributed by atoms with Crippen LogP contribution in [-0.2, 0) is 7.05 Å². The summed E-state index contributed by atoms with van der Waals surface area (Å²) < 4.78 is 2.55. The zero-order chi connectivity index (χ0) is 15.1. The molecule has 5 nitrogen and oxygen atoms in total. The lowest BCUT2D eigenvalue weighted by Crippen LogP contribution is -2.17. The maximum absolute atomic E-state index is 12.3. The second kappa shape index (κ2) is 5.13. The average molecular weight is 321 g/mol. The van der Waals surface area contributed by atoms with Gasteiger partial charge in [0.25, 0.3) is 5.91 Å². The molecular weight excluding hydrogens is 308 g/mol. The summed E-state index contributed by atoms with van der Waals surface area (Å²) in [4.78, 5) is 16.8. The number of anilines is 1. The molecule has 0 saturated heterocycles. The molecule has 2 aromatic heterocycles. The van der Waals surface area contributed by atoms with Gasteiger partial charge in [0.2, 0.25) is 0 Å². The third-order valence-corrected chi connectivity index (χ3v) is 4.65. The minimum atomic E-state index is -0.213. The van der Waals surface area contributed by atoms with Gasteiger partial charge in [0.15, 0.2) is 5.13 Å². The van der Waals surface area contributed by atoms with Crippen molar-refractivity contribution in [3.63, 3.8) is 0 Å². The molecule has 21 heavy (non-hydrogen) atoms. The van der Waals surface area contributed by atoms with Crippen LogP contribution in [0, 0.1) is 13.8 Å². The van der Waals surface area contributed by atoms with Gasteiger partial charge in [0, 0.05) is 12.1 Å². The van der Waals surface area contributed by atoms with E-state index in [1.807, 2.05) is 26.0 Å². The van der Waals surface area contributed by atoms with Crippen LogP contribution >= 0.6 is 22.9 Å². The Balaban J connectivity index is 1.95. The number of fused-ring (bicyclic) bond motifs is 1. The zero-order valence-corrected chi connectivity index (χ0v) is 13.3. The molecule has 0 aliphatic rings. The minimum absolute atomic E-state index is 0.213. The van der Waals surface area contributed by atoms with Crippen molar-refractivity contribution in [2.24, 2.45) is 7.05 Å². The Bertz CT molecular complexity index is 833. The largest absolute Gasteiger partial charge is 0.296 e. The lowest BCUT2D eigenvalue weighted by Gasteiger charge is -2.03. The van der Waals surface area contributed by atoms with Gasteiger partial charge in [-0.1, -0.05) is 22.9 Å². The third kappa shape index (κ3) is 2.41. The molecule has 0 atom stereocenters. The molecule has 0 aliphatic carbocycles. The van der Waals surface area contributed by atoms with Crippen molar-refractivity contribution in [2.45, 2.75) is 13.8 Å². The number of nitrogens with one attached hydrogen (secondary N) is 1. The van der Waals surface area contributed by atoms with Gasteiger partial charge in [-0.15, -0.1) is 0 Å². The van der Waals surface area contributed by atoms with Gasteiger partial charge in [0.1, 0.15) is 5.69 Å². The van der Waals surface area contributed by atoms with Gasteiger partial charge in [-0.2, -0.15) is 5.10 Å². The van der Waals surface area contributed by atoms with Crippen molar-refractivity contribution in [3.8, 4) is 0 Å². The summed E-state index contributed by atoms with van der Waals surface area (Å²) in [6.07, 6.45) is 1.66. The number of carbonyl (C=O) groups is 1. The summed E-state index contributed by atoms with van der Waals surface area (Å²) in [6.45, 7) is 3.77. The summed E-state index contributed by atoms with van der Waals surface area (Å²) in [5, 5.41) is 8.13. The number of halogens is 1. The van der Waals surface area contributed by atoms with Gasteiger partial charge in [-0.25, -0.2) is 4.98 Å². The highest BCUT2D eigenvalue weighted by molar-refractivity contribution is 7.22. The van der Waals surface area contributed by atoms with Crippen LogP contribution in [0.15, 0.2) is 18.3 Å². The van der Waals surface area contributed by atoms with Crippen molar-refractivity contribution in [2.75, 3.05) is 5.32 Å². The van der Waals surface area contributed by atoms with Gasteiger partial charge in [0.05, 0.1) is 16.4 Å². The van der Waals surface area contributed by atoms with Crippen LogP contribution in [-0.4, -0.2) is 20.7 Å². The fraction of sp³-hybridized carbons (Fsp3) is 0.214. The third-order valence-electron chi connectivity index (χ3n) is 3.31. The van der Waals surface area contributed by atoms with Crippen LogP contribution in [0.1, 0.15) is 21.6 Å². The predicted molar refractivity (Wildman–Crippen MR) is 85.3 cm³/mol. The number of aromatic nitrogens is 3. The van der Waals surface area contributed by atoms with Crippen molar-refractivity contribution in [1.82, 2.24) is 14.8 Å². The van der Waals surface area contributed by atoms with E-state index in [-0.39, 0.29) is 5.91 Å². The molecule has 0 fully saturated rings. The maximum atomic E-state index is 12.3. The summed E-state index contributed by atoms with van der Waals surface area (Å²) in [5.41, 5.74) is 3.10. The highest BCUT2D eigenvalue weighted by Gasteiger charge is 2.16. The van der Waals surface area contributed by atoms with Crippen molar-refractivity contribution in [1.29, 1.82) is 0 Å². The molecular formula is C14H13ClN4OS. The molecule has 3 aromatic rings. The van der Waals surface area contributed by atoms with Gasteiger partial charge < -0.3 is 0 Å². The van der Waals surface area contributed by atoms with Crippen molar-refractivity contribution < 1.29 is 4.79 Å². The van der Waals surface area contributed by atoms with E-state index in [2.05, 4.69) is 15.4 Å². The Labute approximate surface area is 130 Å². The molecule has 1 aromatic carbocycles. The number of hydrogen-bond acceptors (Lipinski definition) is 4. The van der Waals surface area contributed by atoms with Gasteiger partial charge in [-0.3, -0.25) is 14.8 Å². The van der Waals surface area contributed by atoms with Crippen LogP contribution in [0.4, 0.5) is 5.13 Å². The molecule has 0 saturated carbocycles. The standard InChI is InChI=1S/C14H13ClN4OS/c1-7-6-16-19(3)12(7)13(20)18-14-17-11-8(2)9(15)4-5-10(11)21-14/h4-6H,1-3H3,(H,17,18,20). The van der Waals surface area contributed by atoms with E-state index in [0.29, 0.717) is 15.8 Å². The van der Waals surface area contributed by atoms with E-state index < -0.39 is 0 Å². The first-order valence-corrected chi connectivity index (χ1v) is 7.52. The molecule has 0 unspecified atom stereocenters. The number of carbonyl (C=O) groups excluding carboxylic acids is 1. The fourth-order valence-electron chi connectivity index (χ4n) is 2.18. The monoisotopic (exact) mass is 320 g/mol. The second-order valence-electron chi connectivity index (χ2n) is 4.79. The molecule has 0 spiro atoms. The normalized spacial score (nSPS) is 11.0. The number of amides is 1. The summed E-state index contributed by atoms with van der Waals surface area (Å²) >= 11 is 7.52. The van der Waals surface area contributed by atoms with Gasteiger partial charge >= 0.3 is 0 Å². The molecule has 1 N–H and O–H groups in total. The summed E-state index contributed by atoms with van der Waals surface area (Å²) in [5.74, 6) is -0.213. The molecule has 0 aliphatic heterocycles. The van der Waals surface area contributed by atoms with Crippen molar-refractivity contribution >= 4 is 44.2 Å². The van der Waals surface area contributed by atoms with E-state index in [0.717, 1.165) is 21.3 Å². The molecule has 3 rings (SSSR count). The highest BCUT2D eigenvalue weighted by Crippen LogP contribution is 2.31. The predicted octanol–water partition coefficient (Wildman–Crippen LogP) is 3.55. The van der Waals surface area contributed by atoms with Crippen LogP contribution in [0.25, 0.3) is 10.2 Å². The van der Waals surface area contributed by atoms with E-state index in [1.54, 1.807) is 17.9 Å². The van der Waals surface area contributed by atoms with Crippen LogP contribution < -0.4 is 5.32 Å². The molecule has 2 heterocycles. The zero-order valence-electron chi connectivity index (χ0n) is 11.8. The quantitative estimate of drug-likeness (QED) is 0.785. The first kappa shape index (κ1) is 14.0. The number of nitrogens with zero attached hydrogens (tertiary/aromatic N) is 3. The molecule has 0 radical (unpaired) electrons. The van der Waals surface area contributed by atoms with Crippen LogP contribution in [0.5, 0.6) is 0 Å². The van der Waals surface area contributed by atoms with E-state index >= 15 is 0 Å². The number of hydrogen-bond donors (Lipinski definition) is 1.